The third-order valence-electron chi connectivity index (χ3n) is 4.11. The van der Waals surface area contributed by atoms with Crippen LogP contribution in [0, 0.1) is 0 Å². The zero-order valence-corrected chi connectivity index (χ0v) is 16.3. The molecule has 1 N–H and O–H groups in total. The summed E-state index contributed by atoms with van der Waals surface area (Å²) in [6.07, 6.45) is 13.4. The maximum absolute atomic E-state index is 8.82. The molecule has 4 nitrogen and oxygen atoms in total. The first kappa shape index (κ1) is 20.7. The van der Waals surface area contributed by atoms with E-state index in [1.165, 1.54) is 0 Å². The predicted octanol–water partition coefficient (Wildman–Crippen LogP) is 6.29. The molecule has 3 rings (SSSR count). The lowest BCUT2D eigenvalue weighted by Gasteiger charge is -2.04. The molecule has 0 aromatic carbocycles. The number of aliphatic hydroxyl groups excluding tert-OH is 1. The summed E-state index contributed by atoms with van der Waals surface area (Å²) in [5.74, 6) is 1.36. The molecular formula is C20H24Cl2N2O2. The first-order valence-corrected chi connectivity index (χ1v) is 9.54. The first-order chi connectivity index (χ1) is 12.7. The SMILES string of the molecule is C=C.OCCCCC/C=C/c1c(-c2c(Cl)cncc2Cl)noc1C1CC1. The largest absolute Gasteiger partial charge is 0.396 e. The predicted molar refractivity (Wildman–Crippen MR) is 108 cm³/mol. The summed E-state index contributed by atoms with van der Waals surface area (Å²) < 4.78 is 5.61. The Morgan fingerprint density at radius 2 is 1.85 bits per heavy atom. The second-order valence-electron chi connectivity index (χ2n) is 6.04. The van der Waals surface area contributed by atoms with E-state index in [4.69, 9.17) is 32.8 Å². The highest BCUT2D eigenvalue weighted by molar-refractivity contribution is 6.39. The number of unbranched alkanes of at least 4 members (excludes halogenated alkanes) is 3. The van der Waals surface area contributed by atoms with Crippen molar-refractivity contribution in [1.82, 2.24) is 10.1 Å². The van der Waals surface area contributed by atoms with Gasteiger partial charge in [-0.15, -0.1) is 13.2 Å². The van der Waals surface area contributed by atoms with E-state index in [1.807, 2.05) is 0 Å². The van der Waals surface area contributed by atoms with Crippen molar-refractivity contribution in [1.29, 1.82) is 0 Å². The molecule has 0 aliphatic heterocycles. The molecule has 6 heteroatoms. The van der Waals surface area contributed by atoms with E-state index in [1.54, 1.807) is 12.4 Å². The van der Waals surface area contributed by atoms with Gasteiger partial charge in [-0.25, -0.2) is 0 Å². The molecule has 0 spiro atoms. The van der Waals surface area contributed by atoms with Crippen molar-refractivity contribution in [3.05, 3.63) is 53.0 Å². The number of hydrogen-bond donors (Lipinski definition) is 1. The Hall–Kier alpha value is -1.62. The molecule has 2 heterocycles. The standard InChI is InChI=1S/C18H20Cl2N2O2.C2H4/c19-14-10-21-11-15(20)16(14)17-13(6-4-2-1-3-5-9-23)18(24-22-17)12-7-8-12;1-2/h4,6,10-12,23H,1-3,5,7-9H2;1-2H2/b6-4+;. The van der Waals surface area contributed by atoms with Gasteiger partial charge < -0.3 is 9.63 Å². The smallest absolute Gasteiger partial charge is 0.147 e. The van der Waals surface area contributed by atoms with Gasteiger partial charge in [0.2, 0.25) is 0 Å². The highest BCUT2D eigenvalue weighted by Crippen LogP contribution is 2.46. The summed E-state index contributed by atoms with van der Waals surface area (Å²) in [5.41, 5.74) is 2.32. The molecule has 1 aliphatic carbocycles. The lowest BCUT2D eigenvalue weighted by atomic mass is 10.0. The molecule has 1 aliphatic rings. The van der Waals surface area contributed by atoms with Gasteiger partial charge in [-0.1, -0.05) is 46.9 Å². The maximum Gasteiger partial charge on any atom is 0.147 e. The van der Waals surface area contributed by atoms with Crippen LogP contribution >= 0.6 is 23.2 Å². The molecule has 0 saturated heterocycles. The van der Waals surface area contributed by atoms with Gasteiger partial charge in [0.1, 0.15) is 11.5 Å². The lowest BCUT2D eigenvalue weighted by molar-refractivity contribution is 0.283. The van der Waals surface area contributed by atoms with Crippen LogP contribution in [0.25, 0.3) is 17.3 Å². The van der Waals surface area contributed by atoms with Crippen molar-refractivity contribution in [3.63, 3.8) is 0 Å². The molecule has 0 radical (unpaired) electrons. The first-order valence-electron chi connectivity index (χ1n) is 8.78. The Kier molecular flexibility index (Phi) is 8.36. The average Bonchev–Trinajstić information content (AvgIpc) is 3.41. The fourth-order valence-electron chi connectivity index (χ4n) is 2.68. The van der Waals surface area contributed by atoms with Gasteiger partial charge in [-0.2, -0.15) is 0 Å². The van der Waals surface area contributed by atoms with Crippen LogP contribution in [0.1, 0.15) is 55.8 Å². The van der Waals surface area contributed by atoms with Crippen molar-refractivity contribution in [2.45, 2.75) is 44.4 Å². The summed E-state index contributed by atoms with van der Waals surface area (Å²) in [6, 6.07) is 0. The minimum Gasteiger partial charge on any atom is -0.396 e. The van der Waals surface area contributed by atoms with Gasteiger partial charge in [0, 0.05) is 36.0 Å². The van der Waals surface area contributed by atoms with Crippen LogP contribution in [-0.2, 0) is 0 Å². The zero-order valence-electron chi connectivity index (χ0n) is 14.8. The number of rotatable bonds is 8. The molecule has 0 amide bonds. The van der Waals surface area contributed by atoms with E-state index in [-0.39, 0.29) is 6.61 Å². The van der Waals surface area contributed by atoms with Crippen LogP contribution < -0.4 is 0 Å². The molecule has 26 heavy (non-hydrogen) atoms. The molecular weight excluding hydrogens is 371 g/mol. The summed E-state index contributed by atoms with van der Waals surface area (Å²) in [4.78, 5) is 4.00. The van der Waals surface area contributed by atoms with E-state index < -0.39 is 0 Å². The monoisotopic (exact) mass is 394 g/mol. The van der Waals surface area contributed by atoms with Gasteiger partial charge >= 0.3 is 0 Å². The lowest BCUT2D eigenvalue weighted by Crippen LogP contribution is -1.88. The van der Waals surface area contributed by atoms with Gasteiger partial charge in [0.15, 0.2) is 0 Å². The molecule has 0 bridgehead atoms. The third kappa shape index (κ3) is 5.19. The molecule has 1 saturated carbocycles. The quantitative estimate of drug-likeness (QED) is 0.422. The summed E-state index contributed by atoms with van der Waals surface area (Å²) in [5, 5.41) is 14.0. The van der Waals surface area contributed by atoms with E-state index in [9.17, 15) is 0 Å². The van der Waals surface area contributed by atoms with Crippen LogP contribution in [0.5, 0.6) is 0 Å². The fraction of sp³-hybridized carbons (Fsp3) is 0.400. The van der Waals surface area contributed by atoms with Gasteiger partial charge in [-0.05, 0) is 32.1 Å². The Morgan fingerprint density at radius 3 is 2.46 bits per heavy atom. The Bertz CT molecular complexity index is 719. The number of allylic oxidation sites excluding steroid dienone is 1. The number of halogens is 2. The number of nitrogens with zero attached hydrogens (tertiary/aromatic N) is 2. The average molecular weight is 395 g/mol. The highest BCUT2D eigenvalue weighted by atomic mass is 35.5. The Morgan fingerprint density at radius 1 is 1.15 bits per heavy atom. The maximum atomic E-state index is 8.82. The summed E-state index contributed by atoms with van der Waals surface area (Å²) in [6.45, 7) is 6.25. The van der Waals surface area contributed by atoms with E-state index >= 15 is 0 Å². The zero-order chi connectivity index (χ0) is 18.9. The molecule has 0 unspecified atom stereocenters. The second kappa shape index (κ2) is 10.5. The molecule has 2 aromatic heterocycles. The van der Waals surface area contributed by atoms with Crippen LogP contribution in [0.4, 0.5) is 0 Å². The second-order valence-corrected chi connectivity index (χ2v) is 6.85. The number of aromatic nitrogens is 2. The Balaban J connectivity index is 0.00000117. The van der Waals surface area contributed by atoms with Gasteiger partial charge in [0.25, 0.3) is 0 Å². The molecule has 2 aromatic rings. The van der Waals surface area contributed by atoms with E-state index in [0.717, 1.165) is 49.8 Å². The van der Waals surface area contributed by atoms with Gasteiger partial charge in [0.05, 0.1) is 10.0 Å². The van der Waals surface area contributed by atoms with Crippen molar-refractivity contribution in [2.75, 3.05) is 6.61 Å². The normalized spacial score (nSPS) is 13.7. The van der Waals surface area contributed by atoms with Crippen molar-refractivity contribution in [3.8, 4) is 11.3 Å². The minimum absolute atomic E-state index is 0.254. The molecule has 140 valence electrons. The van der Waals surface area contributed by atoms with Crippen LogP contribution in [-0.4, -0.2) is 21.9 Å². The third-order valence-corrected chi connectivity index (χ3v) is 4.68. The van der Waals surface area contributed by atoms with Crippen molar-refractivity contribution >= 4 is 29.3 Å². The van der Waals surface area contributed by atoms with Crippen LogP contribution in [0.2, 0.25) is 10.0 Å². The number of hydrogen-bond acceptors (Lipinski definition) is 4. The van der Waals surface area contributed by atoms with Gasteiger partial charge in [-0.3, -0.25) is 4.98 Å². The van der Waals surface area contributed by atoms with Crippen molar-refractivity contribution < 1.29 is 9.63 Å². The summed E-state index contributed by atoms with van der Waals surface area (Å²) in [7, 11) is 0. The molecule has 1 fully saturated rings. The number of aliphatic hydroxyl groups is 1. The fourth-order valence-corrected chi connectivity index (χ4v) is 3.22. The molecule has 0 atom stereocenters. The van der Waals surface area contributed by atoms with Crippen molar-refractivity contribution in [2.24, 2.45) is 0 Å². The van der Waals surface area contributed by atoms with Crippen LogP contribution in [0.15, 0.2) is 36.2 Å². The van der Waals surface area contributed by atoms with E-state index in [0.29, 0.717) is 27.2 Å². The minimum atomic E-state index is 0.254. The highest BCUT2D eigenvalue weighted by Gasteiger charge is 2.32. The summed E-state index contributed by atoms with van der Waals surface area (Å²) >= 11 is 12.6. The number of pyridine rings is 1. The van der Waals surface area contributed by atoms with E-state index in [2.05, 4.69) is 35.5 Å². The van der Waals surface area contributed by atoms with Crippen LogP contribution in [0.3, 0.4) is 0 Å². The Labute approximate surface area is 164 Å². The topological polar surface area (TPSA) is 59.2 Å².